The number of rotatable bonds is 7. The molecule has 0 saturated heterocycles. The molecule has 7 heteroatoms. The van der Waals surface area contributed by atoms with E-state index >= 15 is 0 Å². The van der Waals surface area contributed by atoms with Crippen molar-refractivity contribution in [3.05, 3.63) is 0 Å². The second-order valence-corrected chi connectivity index (χ2v) is 7.49. The fourth-order valence-electron chi connectivity index (χ4n) is 1.30. The summed E-state index contributed by atoms with van der Waals surface area (Å²) in [5.41, 5.74) is -2.05. The summed E-state index contributed by atoms with van der Waals surface area (Å²) in [4.78, 5) is 0. The summed E-state index contributed by atoms with van der Waals surface area (Å²) in [6.45, 7) is 7.40. The van der Waals surface area contributed by atoms with E-state index in [-0.39, 0.29) is 21.5 Å². The molecule has 3 radical (unpaired) electrons. The zero-order valence-electron chi connectivity index (χ0n) is 10.6. The van der Waals surface area contributed by atoms with Gasteiger partial charge >= 0.3 is 127 Å². The van der Waals surface area contributed by atoms with Crippen molar-refractivity contribution >= 4 is 22.9 Å². The third-order valence-corrected chi connectivity index (χ3v) is 7.89. The number of hydrogen-bond donors (Lipinski definition) is 0. The van der Waals surface area contributed by atoms with E-state index < -0.39 is 17.8 Å². The van der Waals surface area contributed by atoms with Gasteiger partial charge in [-0.05, 0) is 0 Å². The van der Waals surface area contributed by atoms with Crippen molar-refractivity contribution in [2.45, 2.75) is 51.9 Å². The van der Waals surface area contributed by atoms with Gasteiger partial charge in [-0.3, -0.25) is 0 Å². The number of likely N-dealkylation sites (N-methyl/N-ethyl adjacent to an activating group) is 1. The molecule has 0 bridgehead atoms. The van der Waals surface area contributed by atoms with Crippen LogP contribution in [0.4, 0.5) is 13.2 Å². The Bertz CT molecular complexity index is 230. The number of alkyl halides is 4. The summed E-state index contributed by atoms with van der Waals surface area (Å²) in [7, 11) is 0. The van der Waals surface area contributed by atoms with Crippen molar-refractivity contribution in [3.8, 4) is 0 Å². The van der Waals surface area contributed by atoms with Crippen molar-refractivity contribution in [2.75, 3.05) is 11.0 Å². The number of hydrogen-bond acceptors (Lipinski definition) is 2. The molecule has 0 aliphatic carbocycles. The first-order valence-electron chi connectivity index (χ1n) is 5.52. The Balaban J connectivity index is 4.87. The fraction of sp³-hybridized carbons (Fsp3) is 1.00. The molecule has 2 nitrogen and oxygen atoms in total. The molecule has 0 fully saturated rings. The molecule has 2 atom stereocenters. The SMILES string of the molecule is CCC[I-]N(CC)C(C)C(C)([O][Sn])C(F)(F)F. The van der Waals surface area contributed by atoms with Gasteiger partial charge in [0.15, 0.2) is 0 Å². The predicted molar refractivity (Wildman–Crippen MR) is 58.3 cm³/mol. The average molecular weight is 472 g/mol. The van der Waals surface area contributed by atoms with Crippen LogP contribution in [0.15, 0.2) is 0 Å². The Morgan fingerprint density at radius 3 is 2.18 bits per heavy atom. The van der Waals surface area contributed by atoms with Crippen molar-refractivity contribution in [2.24, 2.45) is 0 Å². The van der Waals surface area contributed by atoms with Crippen LogP contribution in [-0.2, 0) is 3.07 Å². The zero-order valence-corrected chi connectivity index (χ0v) is 15.6. The van der Waals surface area contributed by atoms with Gasteiger partial charge in [-0.25, -0.2) is 0 Å². The molecule has 2 unspecified atom stereocenters. The molecule has 0 aliphatic heterocycles. The Morgan fingerprint density at radius 2 is 1.88 bits per heavy atom. The minimum atomic E-state index is -4.32. The van der Waals surface area contributed by atoms with Crippen LogP contribution >= 0.6 is 0 Å². The van der Waals surface area contributed by atoms with Gasteiger partial charge in [-0.15, -0.1) is 0 Å². The van der Waals surface area contributed by atoms with Gasteiger partial charge < -0.3 is 0 Å². The number of halogens is 4. The van der Waals surface area contributed by atoms with E-state index in [1.165, 1.54) is 0 Å². The second-order valence-electron chi connectivity index (χ2n) is 3.91. The van der Waals surface area contributed by atoms with Crippen LogP contribution in [0.1, 0.15) is 34.1 Å². The third-order valence-electron chi connectivity index (χ3n) is 2.72. The topological polar surface area (TPSA) is 12.5 Å². The quantitative estimate of drug-likeness (QED) is 0.215. The molecule has 0 N–H and O–H groups in total. The standard InChI is InChI=1S/C10H19F3INO.Sn/c1-5-7-14-15(6-2)8(3)9(4,16)10(11,12)13;/h8H,5-7H2,1-4H3;/q-2;+1. The monoisotopic (exact) mass is 473 g/mol. The van der Waals surface area contributed by atoms with Crippen LogP contribution in [0.25, 0.3) is 0 Å². The first kappa shape index (κ1) is 18.2. The van der Waals surface area contributed by atoms with E-state index in [1.807, 2.05) is 10.0 Å². The first-order chi connectivity index (χ1) is 7.74. The molecule has 0 spiro atoms. The van der Waals surface area contributed by atoms with Crippen LogP contribution in [0.3, 0.4) is 0 Å². The van der Waals surface area contributed by atoms with Gasteiger partial charge in [0.05, 0.1) is 0 Å². The number of nitrogens with zero attached hydrogens (tertiary/aromatic N) is 1. The zero-order chi connectivity index (χ0) is 13.7. The molecule has 0 saturated carbocycles. The van der Waals surface area contributed by atoms with Gasteiger partial charge in [0, 0.05) is 0 Å². The maximum atomic E-state index is 13.0. The van der Waals surface area contributed by atoms with Crippen molar-refractivity contribution < 1.29 is 37.7 Å². The molecule has 0 amide bonds. The molecular formula is C10H19F3INOSn-. The summed E-state index contributed by atoms with van der Waals surface area (Å²) in [5, 5.41) is 0. The Morgan fingerprint density at radius 1 is 1.35 bits per heavy atom. The summed E-state index contributed by atoms with van der Waals surface area (Å²) in [5.74, 6) is 0. The van der Waals surface area contributed by atoms with E-state index in [0.717, 1.165) is 17.8 Å². The fourth-order valence-corrected chi connectivity index (χ4v) is 4.83. The van der Waals surface area contributed by atoms with Crippen molar-refractivity contribution in [1.82, 2.24) is 3.11 Å². The maximum absolute atomic E-state index is 13.0. The van der Waals surface area contributed by atoms with Crippen LogP contribution in [0.5, 0.6) is 0 Å². The Kier molecular flexibility index (Phi) is 8.30. The predicted octanol–water partition coefficient (Wildman–Crippen LogP) is -0.468. The molecule has 17 heavy (non-hydrogen) atoms. The van der Waals surface area contributed by atoms with E-state index in [0.29, 0.717) is 29.5 Å². The molecule has 0 aromatic rings. The Labute approximate surface area is 126 Å². The normalized spacial score (nSPS) is 18.4. The minimum absolute atomic E-state index is 0.339. The molecule has 0 rings (SSSR count). The molecule has 0 aromatic heterocycles. The summed E-state index contributed by atoms with van der Waals surface area (Å²) >= 11 is 0.122. The van der Waals surface area contributed by atoms with E-state index in [9.17, 15) is 13.2 Å². The van der Waals surface area contributed by atoms with Gasteiger partial charge in [0.2, 0.25) is 0 Å². The summed E-state index contributed by atoms with van der Waals surface area (Å²) in [6, 6.07) is -0.619. The van der Waals surface area contributed by atoms with Gasteiger partial charge in [-0.2, -0.15) is 0 Å². The van der Waals surface area contributed by atoms with E-state index in [4.69, 9.17) is 3.07 Å². The molecular weight excluding hydrogens is 453 g/mol. The third kappa shape index (κ3) is 4.68. The van der Waals surface area contributed by atoms with E-state index in [1.54, 1.807) is 6.92 Å². The van der Waals surface area contributed by atoms with E-state index in [2.05, 4.69) is 6.92 Å². The van der Waals surface area contributed by atoms with Gasteiger partial charge in [0.1, 0.15) is 0 Å². The molecule has 0 aliphatic rings. The second kappa shape index (κ2) is 7.74. The molecule has 103 valence electrons. The average Bonchev–Trinajstić information content (AvgIpc) is 2.27. The van der Waals surface area contributed by atoms with Crippen LogP contribution in [-0.4, -0.2) is 54.8 Å². The van der Waals surface area contributed by atoms with Gasteiger partial charge in [0.25, 0.3) is 0 Å². The van der Waals surface area contributed by atoms with Crippen molar-refractivity contribution in [3.63, 3.8) is 0 Å². The molecule has 0 aromatic carbocycles. The molecule has 0 heterocycles. The Hall–Kier alpha value is 1.24. The first-order valence-corrected chi connectivity index (χ1v) is 9.17. The van der Waals surface area contributed by atoms with Crippen LogP contribution in [0.2, 0.25) is 0 Å². The van der Waals surface area contributed by atoms with Crippen LogP contribution in [0, 0.1) is 0 Å². The van der Waals surface area contributed by atoms with Crippen molar-refractivity contribution in [1.29, 1.82) is 0 Å². The summed E-state index contributed by atoms with van der Waals surface area (Å²) in [6.07, 6.45) is -3.29. The van der Waals surface area contributed by atoms with Gasteiger partial charge in [-0.1, -0.05) is 0 Å². The summed E-state index contributed by atoms with van der Waals surface area (Å²) < 4.78 is 47.0. The van der Waals surface area contributed by atoms with Crippen LogP contribution < -0.4 is 21.5 Å².